The maximum absolute atomic E-state index is 11.7. The van der Waals surface area contributed by atoms with Crippen LogP contribution in [0.25, 0.3) is 0 Å². The average Bonchev–Trinajstić information content (AvgIpc) is 2.39. The van der Waals surface area contributed by atoms with Gasteiger partial charge >= 0.3 is 0 Å². The zero-order chi connectivity index (χ0) is 15.0. The summed E-state index contributed by atoms with van der Waals surface area (Å²) in [7, 11) is 1.61. The number of carbonyl (C=O) groups is 2. The number of benzene rings is 1. The van der Waals surface area contributed by atoms with Crippen LogP contribution in [0.1, 0.15) is 24.0 Å². The number of nitrogens with one attached hydrogen (secondary N) is 2. The highest BCUT2D eigenvalue weighted by Crippen LogP contribution is 2.14. The summed E-state index contributed by atoms with van der Waals surface area (Å²) < 4.78 is 4.87. The van der Waals surface area contributed by atoms with Crippen molar-refractivity contribution >= 4 is 17.5 Å². The van der Waals surface area contributed by atoms with Crippen LogP contribution in [0.4, 0.5) is 5.69 Å². The fourth-order valence-electron chi connectivity index (χ4n) is 1.68. The predicted octanol–water partition coefficient (Wildman–Crippen LogP) is 1.78. The van der Waals surface area contributed by atoms with Crippen molar-refractivity contribution in [2.45, 2.75) is 26.7 Å². The molecule has 1 aromatic carbocycles. The SMILES string of the molecule is COCCCNC(=O)CC(=O)Nc1ccc(C)c(C)c1. The van der Waals surface area contributed by atoms with Gasteiger partial charge in [0.15, 0.2) is 0 Å². The molecule has 0 saturated carbocycles. The zero-order valence-electron chi connectivity index (χ0n) is 12.3. The molecule has 5 heteroatoms. The molecule has 1 rings (SSSR count). The molecule has 0 aliphatic rings. The van der Waals surface area contributed by atoms with E-state index in [2.05, 4.69) is 10.6 Å². The number of anilines is 1. The minimum absolute atomic E-state index is 0.167. The molecule has 2 N–H and O–H groups in total. The van der Waals surface area contributed by atoms with Crippen molar-refractivity contribution in [3.05, 3.63) is 29.3 Å². The third kappa shape index (κ3) is 5.84. The molecule has 0 spiro atoms. The molecule has 0 unspecified atom stereocenters. The topological polar surface area (TPSA) is 67.4 Å². The molecule has 20 heavy (non-hydrogen) atoms. The number of hydrogen-bond acceptors (Lipinski definition) is 3. The largest absolute Gasteiger partial charge is 0.385 e. The van der Waals surface area contributed by atoms with E-state index in [1.54, 1.807) is 7.11 Å². The summed E-state index contributed by atoms with van der Waals surface area (Å²) in [5.74, 6) is -0.583. The normalized spacial score (nSPS) is 10.2. The van der Waals surface area contributed by atoms with E-state index in [9.17, 15) is 9.59 Å². The lowest BCUT2D eigenvalue weighted by Gasteiger charge is -2.08. The zero-order valence-corrected chi connectivity index (χ0v) is 12.3. The lowest BCUT2D eigenvalue weighted by molar-refractivity contribution is -0.126. The Morgan fingerprint density at radius 2 is 1.90 bits per heavy atom. The first-order chi connectivity index (χ1) is 9.52. The minimum Gasteiger partial charge on any atom is -0.385 e. The second-order valence-corrected chi connectivity index (χ2v) is 4.72. The van der Waals surface area contributed by atoms with Crippen LogP contribution in [-0.4, -0.2) is 32.1 Å². The Labute approximate surface area is 119 Å². The van der Waals surface area contributed by atoms with Crippen LogP contribution in [0.15, 0.2) is 18.2 Å². The summed E-state index contributed by atoms with van der Waals surface area (Å²) in [6, 6.07) is 5.66. The highest BCUT2D eigenvalue weighted by atomic mass is 16.5. The summed E-state index contributed by atoms with van der Waals surface area (Å²) >= 11 is 0. The fraction of sp³-hybridized carbons (Fsp3) is 0.467. The molecule has 0 heterocycles. The van der Waals surface area contributed by atoms with Gasteiger partial charge in [0, 0.05) is 25.9 Å². The summed E-state index contributed by atoms with van der Waals surface area (Å²) in [6.07, 6.45) is 0.570. The Kier molecular flexibility index (Phi) is 6.73. The van der Waals surface area contributed by atoms with E-state index >= 15 is 0 Å². The number of aryl methyl sites for hydroxylation is 2. The van der Waals surface area contributed by atoms with Crippen LogP contribution in [0.2, 0.25) is 0 Å². The highest BCUT2D eigenvalue weighted by Gasteiger charge is 2.09. The molecule has 5 nitrogen and oxygen atoms in total. The maximum Gasteiger partial charge on any atom is 0.233 e. The van der Waals surface area contributed by atoms with Gasteiger partial charge in [-0.1, -0.05) is 6.07 Å². The molecule has 0 aliphatic carbocycles. The van der Waals surface area contributed by atoms with Crippen molar-refractivity contribution in [3.8, 4) is 0 Å². The molecule has 2 amide bonds. The second-order valence-electron chi connectivity index (χ2n) is 4.72. The Morgan fingerprint density at radius 3 is 2.55 bits per heavy atom. The van der Waals surface area contributed by atoms with Gasteiger partial charge in [-0.05, 0) is 43.5 Å². The quantitative estimate of drug-likeness (QED) is 0.590. The molecule has 0 aliphatic heterocycles. The number of rotatable bonds is 7. The van der Waals surface area contributed by atoms with Gasteiger partial charge < -0.3 is 15.4 Å². The smallest absolute Gasteiger partial charge is 0.233 e. The first-order valence-corrected chi connectivity index (χ1v) is 6.65. The molecule has 0 fully saturated rings. The van der Waals surface area contributed by atoms with E-state index in [1.807, 2.05) is 32.0 Å². The third-order valence-corrected chi connectivity index (χ3v) is 2.96. The van der Waals surface area contributed by atoms with Crippen LogP contribution >= 0.6 is 0 Å². The predicted molar refractivity (Wildman–Crippen MR) is 78.7 cm³/mol. The van der Waals surface area contributed by atoms with Gasteiger partial charge in [0.05, 0.1) is 0 Å². The maximum atomic E-state index is 11.7. The van der Waals surface area contributed by atoms with Crippen molar-refractivity contribution < 1.29 is 14.3 Å². The Balaban J connectivity index is 2.35. The van der Waals surface area contributed by atoms with E-state index in [4.69, 9.17) is 4.74 Å². The molecular weight excluding hydrogens is 256 g/mol. The first kappa shape index (κ1) is 16.2. The number of amides is 2. The van der Waals surface area contributed by atoms with Crippen molar-refractivity contribution in [1.29, 1.82) is 0 Å². The average molecular weight is 278 g/mol. The van der Waals surface area contributed by atoms with Crippen LogP contribution in [0.5, 0.6) is 0 Å². The van der Waals surface area contributed by atoms with Crippen LogP contribution in [0.3, 0.4) is 0 Å². The lowest BCUT2D eigenvalue weighted by Crippen LogP contribution is -2.29. The van der Waals surface area contributed by atoms with Gasteiger partial charge in [0.25, 0.3) is 0 Å². The molecule has 1 aromatic rings. The minimum atomic E-state index is -0.308. The summed E-state index contributed by atoms with van der Waals surface area (Å²) in [4.78, 5) is 23.2. The Bertz CT molecular complexity index is 472. The van der Waals surface area contributed by atoms with Crippen molar-refractivity contribution in [2.24, 2.45) is 0 Å². The summed E-state index contributed by atoms with van der Waals surface area (Å²) in [6.45, 7) is 5.10. The monoisotopic (exact) mass is 278 g/mol. The highest BCUT2D eigenvalue weighted by molar-refractivity contribution is 6.03. The van der Waals surface area contributed by atoms with E-state index in [1.165, 1.54) is 5.56 Å². The lowest BCUT2D eigenvalue weighted by atomic mass is 10.1. The van der Waals surface area contributed by atoms with Crippen LogP contribution < -0.4 is 10.6 Å². The molecule has 0 radical (unpaired) electrons. The molecular formula is C15H22N2O3. The van der Waals surface area contributed by atoms with Crippen molar-refractivity contribution in [3.63, 3.8) is 0 Å². The van der Waals surface area contributed by atoms with Gasteiger partial charge in [-0.25, -0.2) is 0 Å². The fourth-order valence-corrected chi connectivity index (χ4v) is 1.68. The number of hydrogen-bond donors (Lipinski definition) is 2. The first-order valence-electron chi connectivity index (χ1n) is 6.65. The van der Waals surface area contributed by atoms with Crippen LogP contribution in [0, 0.1) is 13.8 Å². The van der Waals surface area contributed by atoms with Gasteiger partial charge in [-0.15, -0.1) is 0 Å². The molecule has 0 atom stereocenters. The second kappa shape index (κ2) is 8.32. The number of ether oxygens (including phenoxy) is 1. The van der Waals surface area contributed by atoms with Gasteiger partial charge in [-0.3, -0.25) is 9.59 Å². The Morgan fingerprint density at radius 1 is 1.15 bits per heavy atom. The molecule has 0 aromatic heterocycles. The third-order valence-electron chi connectivity index (χ3n) is 2.96. The number of methoxy groups -OCH3 is 1. The molecule has 0 bridgehead atoms. The van der Waals surface area contributed by atoms with Crippen molar-refractivity contribution in [2.75, 3.05) is 25.6 Å². The summed E-state index contributed by atoms with van der Waals surface area (Å²) in [5.41, 5.74) is 2.98. The summed E-state index contributed by atoms with van der Waals surface area (Å²) in [5, 5.41) is 5.39. The van der Waals surface area contributed by atoms with Crippen LogP contribution in [-0.2, 0) is 14.3 Å². The number of carbonyl (C=O) groups excluding carboxylic acids is 2. The van der Waals surface area contributed by atoms with Gasteiger partial charge in [0.1, 0.15) is 6.42 Å². The van der Waals surface area contributed by atoms with Gasteiger partial charge in [-0.2, -0.15) is 0 Å². The van der Waals surface area contributed by atoms with Gasteiger partial charge in [0.2, 0.25) is 11.8 Å². The Hall–Kier alpha value is -1.88. The van der Waals surface area contributed by atoms with Crippen molar-refractivity contribution in [1.82, 2.24) is 5.32 Å². The van der Waals surface area contributed by atoms with E-state index in [-0.39, 0.29) is 18.2 Å². The standard InChI is InChI=1S/C15H22N2O3/c1-11-5-6-13(9-12(11)2)17-15(19)10-14(18)16-7-4-8-20-3/h5-6,9H,4,7-8,10H2,1-3H3,(H,16,18)(H,17,19). The van der Waals surface area contributed by atoms with E-state index < -0.39 is 0 Å². The van der Waals surface area contributed by atoms with E-state index in [0.29, 0.717) is 18.8 Å². The van der Waals surface area contributed by atoms with E-state index in [0.717, 1.165) is 12.0 Å². The molecule has 110 valence electrons. The molecule has 0 saturated heterocycles.